The fourth-order valence-electron chi connectivity index (χ4n) is 8.49. The molecule has 0 heteroatoms. The summed E-state index contributed by atoms with van der Waals surface area (Å²) in [4.78, 5) is 0. The highest BCUT2D eigenvalue weighted by atomic mass is 14.6. The Morgan fingerprint density at radius 3 is 2.61 bits per heavy atom. The van der Waals surface area contributed by atoms with Gasteiger partial charge in [-0.1, -0.05) is 50.5 Å². The third-order valence-electron chi connectivity index (χ3n) is 10.2. The fourth-order valence-corrected chi connectivity index (χ4v) is 8.49. The van der Waals surface area contributed by atoms with E-state index in [1.165, 1.54) is 76.2 Å². The molecule has 0 saturated heterocycles. The Labute approximate surface area is 175 Å². The molecule has 4 aliphatic rings. The minimum atomic E-state index is 0.564. The van der Waals surface area contributed by atoms with E-state index in [0.717, 1.165) is 29.6 Å². The van der Waals surface area contributed by atoms with Gasteiger partial charge in [-0.05, 0) is 125 Å². The molecule has 0 bridgehead atoms. The molecule has 0 spiro atoms. The van der Waals surface area contributed by atoms with E-state index in [0.29, 0.717) is 10.8 Å². The minimum absolute atomic E-state index is 0.564. The van der Waals surface area contributed by atoms with Crippen LogP contribution in [0.15, 0.2) is 22.8 Å². The number of hydrogen-bond acceptors (Lipinski definition) is 0. The molecule has 0 nitrogen and oxygen atoms in total. The quantitative estimate of drug-likeness (QED) is 0.426. The third-order valence-corrected chi connectivity index (χ3v) is 10.2. The normalized spacial score (nSPS) is 43.8. The highest BCUT2D eigenvalue weighted by molar-refractivity contribution is 5.34. The Kier molecular flexibility index (Phi) is 5.65. The molecular weight excluding hydrogens is 336 g/mol. The monoisotopic (exact) mass is 382 g/mol. The van der Waals surface area contributed by atoms with Crippen molar-refractivity contribution in [3.05, 3.63) is 22.8 Å². The lowest BCUT2D eigenvalue weighted by Crippen LogP contribution is -2.44. The van der Waals surface area contributed by atoms with Gasteiger partial charge in [-0.3, -0.25) is 0 Å². The third kappa shape index (κ3) is 3.35. The van der Waals surface area contributed by atoms with Crippen molar-refractivity contribution in [3.63, 3.8) is 0 Å². The molecule has 0 heterocycles. The van der Waals surface area contributed by atoms with Gasteiger partial charge in [0.15, 0.2) is 0 Å². The summed E-state index contributed by atoms with van der Waals surface area (Å²) < 4.78 is 0. The van der Waals surface area contributed by atoms with Crippen molar-refractivity contribution in [2.24, 2.45) is 40.4 Å². The molecule has 0 aromatic heterocycles. The summed E-state index contributed by atoms with van der Waals surface area (Å²) in [6, 6.07) is 0. The summed E-state index contributed by atoms with van der Waals surface area (Å²) in [5, 5.41) is 0. The Balaban J connectivity index is 1.55. The van der Waals surface area contributed by atoms with Crippen molar-refractivity contribution >= 4 is 0 Å². The summed E-state index contributed by atoms with van der Waals surface area (Å²) in [7, 11) is 0. The van der Waals surface area contributed by atoms with Crippen LogP contribution in [0.5, 0.6) is 0 Å². The van der Waals surface area contributed by atoms with E-state index in [4.69, 9.17) is 0 Å². The summed E-state index contributed by atoms with van der Waals surface area (Å²) in [6.45, 7) is 14.9. The van der Waals surface area contributed by atoms with Crippen LogP contribution in [0.3, 0.4) is 0 Å². The molecule has 2 saturated carbocycles. The highest BCUT2D eigenvalue weighted by Gasteiger charge is 2.55. The summed E-state index contributed by atoms with van der Waals surface area (Å²) >= 11 is 0. The second kappa shape index (κ2) is 7.63. The Bertz CT molecular complexity index is 647. The zero-order valence-corrected chi connectivity index (χ0v) is 19.7. The molecule has 0 N–H and O–H groups in total. The predicted molar refractivity (Wildman–Crippen MR) is 122 cm³/mol. The lowest BCUT2D eigenvalue weighted by molar-refractivity contribution is 0.0555. The summed E-state index contributed by atoms with van der Waals surface area (Å²) in [6.07, 6.45) is 18.4. The van der Waals surface area contributed by atoms with Gasteiger partial charge in [-0.25, -0.2) is 0 Å². The SMILES string of the molecule is CC(C)=CCC[C@@H](C)[C@H]1CC[C@H]2C3=C(CC[C@]12C)[C@@]1(C)CCC(C)CC1CC3. The highest BCUT2D eigenvalue weighted by Crippen LogP contribution is 2.66. The summed E-state index contributed by atoms with van der Waals surface area (Å²) in [5.74, 6) is 4.71. The second-order valence-electron chi connectivity index (χ2n) is 12.1. The molecule has 2 fully saturated rings. The van der Waals surface area contributed by atoms with Gasteiger partial charge in [-0.2, -0.15) is 0 Å². The Morgan fingerprint density at radius 1 is 1.07 bits per heavy atom. The van der Waals surface area contributed by atoms with Crippen LogP contribution < -0.4 is 0 Å². The van der Waals surface area contributed by atoms with Crippen LogP contribution in [0.2, 0.25) is 0 Å². The maximum absolute atomic E-state index is 2.70. The van der Waals surface area contributed by atoms with E-state index >= 15 is 0 Å². The van der Waals surface area contributed by atoms with Gasteiger partial charge >= 0.3 is 0 Å². The van der Waals surface area contributed by atoms with E-state index in [-0.39, 0.29) is 0 Å². The Morgan fingerprint density at radius 2 is 1.86 bits per heavy atom. The van der Waals surface area contributed by atoms with Gasteiger partial charge in [0.05, 0.1) is 0 Å². The van der Waals surface area contributed by atoms with Crippen LogP contribution in [-0.4, -0.2) is 0 Å². The average molecular weight is 383 g/mol. The van der Waals surface area contributed by atoms with Crippen LogP contribution in [0.4, 0.5) is 0 Å². The van der Waals surface area contributed by atoms with Gasteiger partial charge in [0.25, 0.3) is 0 Å². The fraction of sp³-hybridized carbons (Fsp3) is 0.857. The van der Waals surface area contributed by atoms with Gasteiger partial charge in [0.2, 0.25) is 0 Å². The van der Waals surface area contributed by atoms with E-state index < -0.39 is 0 Å². The molecule has 28 heavy (non-hydrogen) atoms. The first-order valence-electron chi connectivity index (χ1n) is 12.6. The molecule has 2 unspecified atom stereocenters. The van der Waals surface area contributed by atoms with Gasteiger partial charge < -0.3 is 0 Å². The zero-order valence-electron chi connectivity index (χ0n) is 19.7. The molecule has 0 aromatic carbocycles. The smallest absolute Gasteiger partial charge is 0.00850 e. The zero-order chi connectivity index (χ0) is 20.1. The van der Waals surface area contributed by atoms with Gasteiger partial charge in [0, 0.05) is 0 Å². The van der Waals surface area contributed by atoms with E-state index in [1.807, 2.05) is 11.1 Å². The predicted octanol–water partition coefficient (Wildman–Crippen LogP) is 8.73. The molecule has 0 aromatic rings. The van der Waals surface area contributed by atoms with Crippen LogP contribution in [0.1, 0.15) is 112 Å². The van der Waals surface area contributed by atoms with Crippen LogP contribution in [0, 0.1) is 40.4 Å². The maximum atomic E-state index is 2.70. The van der Waals surface area contributed by atoms with Crippen LogP contribution in [-0.2, 0) is 0 Å². The lowest BCUT2D eigenvalue weighted by atomic mass is 9.50. The number of rotatable bonds is 4. The largest absolute Gasteiger partial charge is 0.0859 e. The molecule has 0 amide bonds. The van der Waals surface area contributed by atoms with Gasteiger partial charge in [-0.15, -0.1) is 0 Å². The van der Waals surface area contributed by atoms with Crippen LogP contribution in [0.25, 0.3) is 0 Å². The topological polar surface area (TPSA) is 0 Å². The van der Waals surface area contributed by atoms with Crippen molar-refractivity contribution in [2.45, 2.75) is 112 Å². The first-order valence-corrected chi connectivity index (χ1v) is 12.6. The van der Waals surface area contributed by atoms with Crippen LogP contribution >= 0.6 is 0 Å². The van der Waals surface area contributed by atoms with Crippen molar-refractivity contribution < 1.29 is 0 Å². The minimum Gasteiger partial charge on any atom is -0.0859 e. The summed E-state index contributed by atoms with van der Waals surface area (Å²) in [5.41, 5.74) is 6.61. The van der Waals surface area contributed by atoms with Crippen molar-refractivity contribution in [1.82, 2.24) is 0 Å². The van der Waals surface area contributed by atoms with E-state index in [2.05, 4.69) is 47.6 Å². The first-order chi connectivity index (χ1) is 13.3. The molecule has 0 radical (unpaired) electrons. The average Bonchev–Trinajstić information content (AvgIpc) is 2.99. The molecule has 7 atom stereocenters. The molecule has 4 aliphatic carbocycles. The van der Waals surface area contributed by atoms with Crippen molar-refractivity contribution in [1.29, 1.82) is 0 Å². The molecular formula is C28H46. The first kappa shape index (κ1) is 20.7. The standard InChI is InChI=1S/C28H46/c1-19(2)8-7-9-21(4)24-12-13-25-23-11-10-22-18-20(3)14-16-27(22,5)26(23)15-17-28(24,25)6/h8,20-22,24-25H,7,9-18H2,1-6H3/t20?,21-,22?,24-,25+,27+,28-/m1/s1. The maximum Gasteiger partial charge on any atom is -0.00850 e. The van der Waals surface area contributed by atoms with E-state index in [9.17, 15) is 0 Å². The molecule has 158 valence electrons. The second-order valence-corrected chi connectivity index (χ2v) is 12.1. The number of allylic oxidation sites excluding steroid dienone is 4. The number of hydrogen-bond donors (Lipinski definition) is 0. The van der Waals surface area contributed by atoms with Gasteiger partial charge in [0.1, 0.15) is 0 Å². The Hall–Kier alpha value is -0.520. The van der Waals surface area contributed by atoms with Crippen molar-refractivity contribution in [3.8, 4) is 0 Å². The lowest BCUT2D eigenvalue weighted by Gasteiger charge is -2.55. The van der Waals surface area contributed by atoms with Crippen molar-refractivity contribution in [2.75, 3.05) is 0 Å². The number of fused-ring (bicyclic) bond motifs is 4. The molecule has 4 rings (SSSR count). The van der Waals surface area contributed by atoms with E-state index in [1.54, 1.807) is 0 Å². The molecule has 0 aliphatic heterocycles.